The van der Waals surface area contributed by atoms with Crippen LogP contribution in [0.4, 0.5) is 0 Å². The van der Waals surface area contributed by atoms with E-state index in [1.165, 1.54) is 6.42 Å². The van der Waals surface area contributed by atoms with Gasteiger partial charge in [0.25, 0.3) is 0 Å². The van der Waals surface area contributed by atoms with Crippen LogP contribution in [0.2, 0.25) is 0 Å². The number of rotatable bonds is 7. The Kier molecular flexibility index (Phi) is 7.12. The summed E-state index contributed by atoms with van der Waals surface area (Å²) in [5.74, 6) is -0.116. The lowest BCUT2D eigenvalue weighted by molar-refractivity contribution is -0.185. The zero-order chi connectivity index (χ0) is 24.1. The number of nitrogens with zero attached hydrogens (tertiary/aromatic N) is 1. The Morgan fingerprint density at radius 3 is 2.52 bits per heavy atom. The fraction of sp³-hybridized carbons (Fsp3) is 0.920. The SMILES string of the molecule is C[C@@H]1[C@@H](NC(=O)[C@@H]2C([C@H](C)O)[C@H](CO)ON2CC2CCCC(C(=O)O)C2)C[C@H]2C[C@@H]1C2(C)C. The third-order valence-electron chi connectivity index (χ3n) is 9.63. The highest BCUT2D eigenvalue weighted by molar-refractivity contribution is 5.82. The summed E-state index contributed by atoms with van der Waals surface area (Å²) < 4.78 is 0. The topological polar surface area (TPSA) is 119 Å². The molecule has 5 rings (SSSR count). The van der Waals surface area contributed by atoms with Crippen LogP contribution in [0.25, 0.3) is 0 Å². The summed E-state index contributed by atoms with van der Waals surface area (Å²) in [4.78, 5) is 31.1. The number of carboxylic acid groups (broad SMARTS) is 1. The highest BCUT2D eigenvalue weighted by atomic mass is 16.7. The van der Waals surface area contributed by atoms with Crippen LogP contribution in [0, 0.1) is 40.9 Å². The molecule has 188 valence electrons. The van der Waals surface area contributed by atoms with Gasteiger partial charge in [-0.05, 0) is 68.1 Å². The Bertz CT molecular complexity index is 742. The predicted octanol–water partition coefficient (Wildman–Crippen LogP) is 2.04. The molecule has 5 aliphatic rings. The van der Waals surface area contributed by atoms with Gasteiger partial charge in [-0.25, -0.2) is 0 Å². The molecule has 3 unspecified atom stereocenters. The molecule has 0 aromatic rings. The molecule has 2 bridgehead atoms. The number of aliphatic carboxylic acids is 1. The van der Waals surface area contributed by atoms with Crippen LogP contribution in [-0.2, 0) is 14.4 Å². The molecule has 8 nitrogen and oxygen atoms in total. The van der Waals surface area contributed by atoms with Crippen LogP contribution < -0.4 is 5.32 Å². The first-order valence-corrected chi connectivity index (χ1v) is 12.8. The molecule has 4 aliphatic carbocycles. The molecule has 4 N–H and O–H groups in total. The van der Waals surface area contributed by atoms with Crippen LogP contribution >= 0.6 is 0 Å². The monoisotopic (exact) mass is 466 g/mol. The molecule has 8 heteroatoms. The average molecular weight is 467 g/mol. The molecule has 1 heterocycles. The van der Waals surface area contributed by atoms with Gasteiger partial charge in [0.15, 0.2) is 0 Å². The van der Waals surface area contributed by atoms with E-state index < -0.39 is 30.1 Å². The number of carboxylic acids is 1. The summed E-state index contributed by atoms with van der Waals surface area (Å²) in [5.41, 5.74) is 0.328. The fourth-order valence-electron chi connectivity index (χ4n) is 7.44. The summed E-state index contributed by atoms with van der Waals surface area (Å²) >= 11 is 0. The second-order valence-electron chi connectivity index (χ2n) is 11.8. The van der Waals surface area contributed by atoms with Crippen molar-refractivity contribution < 1.29 is 29.7 Å². The maximum Gasteiger partial charge on any atom is 0.306 e. The zero-order valence-corrected chi connectivity index (χ0v) is 20.4. The molecule has 33 heavy (non-hydrogen) atoms. The minimum Gasteiger partial charge on any atom is -0.481 e. The minimum absolute atomic E-state index is 0.101. The van der Waals surface area contributed by atoms with Gasteiger partial charge >= 0.3 is 5.97 Å². The number of carbonyl (C=O) groups is 2. The largest absolute Gasteiger partial charge is 0.481 e. The normalized spacial score (nSPS) is 43.5. The first-order valence-electron chi connectivity index (χ1n) is 12.8. The summed E-state index contributed by atoms with van der Waals surface area (Å²) in [6, 6.07) is -0.601. The number of carbonyl (C=O) groups excluding carboxylic acids is 1. The van der Waals surface area contributed by atoms with Crippen LogP contribution in [0.3, 0.4) is 0 Å². The van der Waals surface area contributed by atoms with Gasteiger partial charge in [-0.1, -0.05) is 27.2 Å². The summed E-state index contributed by atoms with van der Waals surface area (Å²) in [6.45, 7) is 8.68. The highest BCUT2D eigenvalue weighted by Gasteiger charge is 2.57. The average Bonchev–Trinajstić information content (AvgIpc) is 3.13. The Labute approximate surface area is 197 Å². The molecule has 4 saturated carbocycles. The van der Waals surface area contributed by atoms with E-state index in [1.54, 1.807) is 12.0 Å². The van der Waals surface area contributed by atoms with Crippen LogP contribution in [0.15, 0.2) is 0 Å². The van der Waals surface area contributed by atoms with E-state index in [0.717, 1.165) is 19.3 Å². The van der Waals surface area contributed by atoms with Gasteiger partial charge in [0.2, 0.25) is 5.91 Å². The van der Waals surface area contributed by atoms with Gasteiger partial charge < -0.3 is 20.6 Å². The van der Waals surface area contributed by atoms with Gasteiger partial charge in [0, 0.05) is 18.5 Å². The number of hydrogen-bond donors (Lipinski definition) is 4. The number of nitrogens with one attached hydrogen (secondary N) is 1. The van der Waals surface area contributed by atoms with E-state index in [1.807, 2.05) is 0 Å². The van der Waals surface area contributed by atoms with Gasteiger partial charge in [-0.15, -0.1) is 0 Å². The fourth-order valence-corrected chi connectivity index (χ4v) is 7.44. The zero-order valence-electron chi connectivity index (χ0n) is 20.4. The maximum absolute atomic E-state index is 13.6. The number of aliphatic hydroxyl groups excluding tert-OH is 2. The van der Waals surface area contributed by atoms with E-state index in [-0.39, 0.29) is 30.4 Å². The van der Waals surface area contributed by atoms with E-state index >= 15 is 0 Å². The third kappa shape index (κ3) is 4.56. The summed E-state index contributed by atoms with van der Waals surface area (Å²) in [6.07, 6.45) is 3.69. The second-order valence-corrected chi connectivity index (χ2v) is 11.8. The smallest absolute Gasteiger partial charge is 0.306 e. The van der Waals surface area contributed by atoms with Crippen molar-refractivity contribution in [2.24, 2.45) is 40.9 Å². The number of fused-ring (bicyclic) bond motifs is 2. The van der Waals surface area contributed by atoms with Crippen molar-refractivity contribution in [3.63, 3.8) is 0 Å². The molecular formula is C25H42N2O6. The third-order valence-corrected chi connectivity index (χ3v) is 9.63. The van der Waals surface area contributed by atoms with E-state index in [9.17, 15) is 24.9 Å². The van der Waals surface area contributed by atoms with E-state index in [2.05, 4.69) is 26.1 Å². The lowest BCUT2D eigenvalue weighted by atomic mass is 9.45. The predicted molar refractivity (Wildman–Crippen MR) is 122 cm³/mol. The molecule has 0 radical (unpaired) electrons. The minimum atomic E-state index is -0.822. The standard InChI is InChI=1S/C25H42N2O6/c1-13-18-9-17(25(18,3)4)10-19(13)26-23(30)22-21(14(2)29)20(12-28)33-27(22)11-15-6-5-7-16(8-15)24(31)32/h13-22,28-29H,5-12H2,1-4H3,(H,26,30)(H,31,32)/t13-,14-,15?,16?,17+,18-,19-,20-,21?,22-/m0/s1. The molecule has 0 spiro atoms. The molecule has 1 amide bonds. The first kappa shape index (κ1) is 24.9. The van der Waals surface area contributed by atoms with Crippen molar-refractivity contribution in [1.82, 2.24) is 10.4 Å². The lowest BCUT2D eigenvalue weighted by Crippen LogP contribution is -2.62. The van der Waals surface area contributed by atoms with Gasteiger partial charge in [0.1, 0.15) is 12.1 Å². The Hall–Kier alpha value is -1.22. The lowest BCUT2D eigenvalue weighted by Gasteiger charge is -2.62. The van der Waals surface area contributed by atoms with E-state index in [4.69, 9.17) is 4.84 Å². The van der Waals surface area contributed by atoms with Crippen molar-refractivity contribution >= 4 is 11.9 Å². The van der Waals surface area contributed by atoms with Crippen molar-refractivity contribution in [2.75, 3.05) is 13.2 Å². The molecule has 1 saturated heterocycles. The van der Waals surface area contributed by atoms with Crippen molar-refractivity contribution in [3.8, 4) is 0 Å². The number of aliphatic hydroxyl groups is 2. The van der Waals surface area contributed by atoms with Crippen molar-refractivity contribution in [1.29, 1.82) is 0 Å². The number of amides is 1. The molecule has 0 aromatic carbocycles. The highest BCUT2D eigenvalue weighted by Crippen LogP contribution is 2.61. The van der Waals surface area contributed by atoms with Gasteiger partial charge in [-0.2, -0.15) is 5.06 Å². The van der Waals surface area contributed by atoms with Crippen molar-refractivity contribution in [3.05, 3.63) is 0 Å². The van der Waals surface area contributed by atoms with Crippen LogP contribution in [0.1, 0.15) is 66.2 Å². The van der Waals surface area contributed by atoms with Crippen LogP contribution in [-0.4, -0.2) is 69.7 Å². The number of hydrogen-bond acceptors (Lipinski definition) is 6. The summed E-state index contributed by atoms with van der Waals surface area (Å²) in [5, 5.41) is 34.8. The molecule has 0 aromatic heterocycles. The van der Waals surface area contributed by atoms with Gasteiger partial charge in [-0.3, -0.25) is 14.4 Å². The summed E-state index contributed by atoms with van der Waals surface area (Å²) in [7, 11) is 0. The van der Waals surface area contributed by atoms with E-state index in [0.29, 0.717) is 42.6 Å². The quantitative estimate of drug-likeness (QED) is 0.453. The molecular weight excluding hydrogens is 424 g/mol. The second kappa shape index (κ2) is 9.44. The Morgan fingerprint density at radius 2 is 1.94 bits per heavy atom. The first-order chi connectivity index (χ1) is 15.5. The van der Waals surface area contributed by atoms with Gasteiger partial charge in [0.05, 0.1) is 18.6 Å². The molecule has 5 fully saturated rings. The molecule has 1 aliphatic heterocycles. The van der Waals surface area contributed by atoms with Crippen molar-refractivity contribution in [2.45, 2.75) is 90.5 Å². The van der Waals surface area contributed by atoms with Crippen LogP contribution in [0.5, 0.6) is 0 Å². The molecule has 10 atom stereocenters. The maximum atomic E-state index is 13.6. The Balaban J connectivity index is 1.48. The number of hydroxylamine groups is 2. The Morgan fingerprint density at radius 1 is 1.21 bits per heavy atom.